The first-order valence-corrected chi connectivity index (χ1v) is 3.36. The van der Waals surface area contributed by atoms with Crippen LogP contribution in [0.2, 0.25) is 0 Å². The SMILES string of the molecule is CC(F)(F)C(O)CC(O)C(F)(F)F. The highest BCUT2D eigenvalue weighted by atomic mass is 19.4. The van der Waals surface area contributed by atoms with Gasteiger partial charge in [0.15, 0.2) is 6.10 Å². The summed E-state index contributed by atoms with van der Waals surface area (Å²) >= 11 is 0. The number of halogens is 5. The number of aliphatic hydroxyl groups is 2. The molecule has 0 radical (unpaired) electrons. The lowest BCUT2D eigenvalue weighted by Crippen LogP contribution is -2.39. The van der Waals surface area contributed by atoms with Crippen LogP contribution in [0.5, 0.6) is 0 Å². The zero-order valence-corrected chi connectivity index (χ0v) is 6.65. The molecule has 0 heterocycles. The Morgan fingerprint density at radius 1 is 1.00 bits per heavy atom. The Kier molecular flexibility index (Phi) is 3.62. The van der Waals surface area contributed by atoms with Crippen molar-refractivity contribution < 1.29 is 32.2 Å². The molecule has 0 fully saturated rings. The standard InChI is InChI=1S/C6H9F5O2/c1-5(7,8)3(12)2-4(13)6(9,10)11/h3-4,12-13H,2H2,1H3. The first kappa shape index (κ1) is 12.6. The molecule has 0 aromatic carbocycles. The Morgan fingerprint density at radius 2 is 1.38 bits per heavy atom. The van der Waals surface area contributed by atoms with E-state index in [9.17, 15) is 22.0 Å². The number of rotatable bonds is 3. The fourth-order valence-electron chi connectivity index (χ4n) is 0.552. The van der Waals surface area contributed by atoms with Crippen LogP contribution in [-0.4, -0.2) is 34.5 Å². The summed E-state index contributed by atoms with van der Waals surface area (Å²) in [7, 11) is 0. The molecule has 0 aromatic heterocycles. The van der Waals surface area contributed by atoms with Crippen LogP contribution < -0.4 is 0 Å². The number of hydrogen-bond donors (Lipinski definition) is 2. The topological polar surface area (TPSA) is 40.5 Å². The Morgan fingerprint density at radius 3 is 1.62 bits per heavy atom. The maximum Gasteiger partial charge on any atom is 0.414 e. The van der Waals surface area contributed by atoms with Crippen LogP contribution in [0.4, 0.5) is 22.0 Å². The summed E-state index contributed by atoms with van der Waals surface area (Å²) in [6.45, 7) is 0.279. The molecular formula is C6H9F5O2. The van der Waals surface area contributed by atoms with E-state index in [0.29, 0.717) is 0 Å². The fraction of sp³-hybridized carbons (Fsp3) is 1.00. The molecule has 2 N–H and O–H groups in total. The molecule has 80 valence electrons. The van der Waals surface area contributed by atoms with Gasteiger partial charge in [-0.25, -0.2) is 8.78 Å². The van der Waals surface area contributed by atoms with Crippen molar-refractivity contribution in [3.8, 4) is 0 Å². The van der Waals surface area contributed by atoms with E-state index in [1.54, 1.807) is 0 Å². The van der Waals surface area contributed by atoms with E-state index in [1.165, 1.54) is 0 Å². The molecule has 0 aliphatic carbocycles. The molecule has 0 aliphatic rings. The minimum atomic E-state index is -4.98. The molecule has 2 atom stereocenters. The second-order valence-corrected chi connectivity index (χ2v) is 2.77. The van der Waals surface area contributed by atoms with E-state index in [4.69, 9.17) is 10.2 Å². The Hall–Kier alpha value is -0.430. The van der Waals surface area contributed by atoms with Crippen LogP contribution >= 0.6 is 0 Å². The highest BCUT2D eigenvalue weighted by Gasteiger charge is 2.43. The van der Waals surface area contributed by atoms with Gasteiger partial charge < -0.3 is 10.2 Å². The monoisotopic (exact) mass is 208 g/mol. The summed E-state index contributed by atoms with van der Waals surface area (Å²) in [5.74, 6) is -3.65. The van der Waals surface area contributed by atoms with Gasteiger partial charge in [0.1, 0.15) is 6.10 Å². The van der Waals surface area contributed by atoms with E-state index >= 15 is 0 Å². The van der Waals surface area contributed by atoms with Crippen LogP contribution in [-0.2, 0) is 0 Å². The molecule has 0 bridgehead atoms. The lowest BCUT2D eigenvalue weighted by atomic mass is 10.1. The van der Waals surface area contributed by atoms with Gasteiger partial charge in [-0.15, -0.1) is 0 Å². The van der Waals surface area contributed by atoms with E-state index in [1.807, 2.05) is 0 Å². The lowest BCUT2D eigenvalue weighted by molar-refractivity contribution is -0.220. The number of hydrogen-bond acceptors (Lipinski definition) is 2. The van der Waals surface area contributed by atoms with Gasteiger partial charge in [-0.1, -0.05) is 0 Å². The summed E-state index contributed by atoms with van der Waals surface area (Å²) in [5.41, 5.74) is 0. The van der Waals surface area contributed by atoms with E-state index in [2.05, 4.69) is 0 Å². The summed E-state index contributed by atoms with van der Waals surface area (Å²) in [5, 5.41) is 16.8. The minimum absolute atomic E-state index is 0.279. The van der Waals surface area contributed by atoms with Crippen molar-refractivity contribution in [3.63, 3.8) is 0 Å². The summed E-state index contributed by atoms with van der Waals surface area (Å²) < 4.78 is 59.0. The molecular weight excluding hydrogens is 199 g/mol. The molecule has 2 nitrogen and oxygen atoms in total. The number of aliphatic hydroxyl groups excluding tert-OH is 2. The highest BCUT2D eigenvalue weighted by molar-refractivity contribution is 4.77. The molecule has 0 spiro atoms. The second-order valence-electron chi connectivity index (χ2n) is 2.77. The van der Waals surface area contributed by atoms with Crippen LogP contribution in [0.25, 0.3) is 0 Å². The summed E-state index contributed by atoms with van der Waals surface area (Å²) in [4.78, 5) is 0. The lowest BCUT2D eigenvalue weighted by Gasteiger charge is -2.22. The molecule has 13 heavy (non-hydrogen) atoms. The van der Waals surface area contributed by atoms with Crippen molar-refractivity contribution in [1.29, 1.82) is 0 Å². The van der Waals surface area contributed by atoms with Gasteiger partial charge in [-0.2, -0.15) is 13.2 Å². The van der Waals surface area contributed by atoms with Crippen molar-refractivity contribution in [2.75, 3.05) is 0 Å². The molecule has 0 amide bonds. The third-order valence-electron chi connectivity index (χ3n) is 1.41. The van der Waals surface area contributed by atoms with Gasteiger partial charge >= 0.3 is 6.18 Å². The first-order valence-electron chi connectivity index (χ1n) is 3.36. The molecule has 0 saturated heterocycles. The van der Waals surface area contributed by atoms with Gasteiger partial charge in [-0.05, 0) is 0 Å². The Balaban J connectivity index is 4.15. The summed E-state index contributed by atoms with van der Waals surface area (Å²) in [6, 6.07) is 0. The maximum absolute atomic E-state index is 12.1. The van der Waals surface area contributed by atoms with Crippen LogP contribution in [0.1, 0.15) is 13.3 Å². The first-order chi connectivity index (χ1) is 5.55. The molecule has 7 heteroatoms. The quantitative estimate of drug-likeness (QED) is 0.686. The van der Waals surface area contributed by atoms with Crippen molar-refractivity contribution in [2.24, 2.45) is 0 Å². The fourth-order valence-corrected chi connectivity index (χ4v) is 0.552. The van der Waals surface area contributed by atoms with Crippen molar-refractivity contribution in [3.05, 3.63) is 0 Å². The van der Waals surface area contributed by atoms with Gasteiger partial charge in [-0.3, -0.25) is 0 Å². The van der Waals surface area contributed by atoms with E-state index in [-0.39, 0.29) is 6.92 Å². The van der Waals surface area contributed by atoms with Crippen LogP contribution in [0, 0.1) is 0 Å². The van der Waals surface area contributed by atoms with Crippen LogP contribution in [0.15, 0.2) is 0 Å². The molecule has 0 aromatic rings. The zero-order chi connectivity index (χ0) is 10.9. The predicted molar refractivity (Wildman–Crippen MR) is 33.3 cm³/mol. The largest absolute Gasteiger partial charge is 0.414 e. The Labute approximate surface area is 71.0 Å². The van der Waals surface area contributed by atoms with Crippen LogP contribution in [0.3, 0.4) is 0 Å². The highest BCUT2D eigenvalue weighted by Crippen LogP contribution is 2.27. The van der Waals surface area contributed by atoms with Gasteiger partial charge in [0.2, 0.25) is 0 Å². The third-order valence-corrected chi connectivity index (χ3v) is 1.41. The zero-order valence-electron chi connectivity index (χ0n) is 6.65. The van der Waals surface area contributed by atoms with E-state index in [0.717, 1.165) is 0 Å². The average molecular weight is 208 g/mol. The summed E-state index contributed by atoms with van der Waals surface area (Å²) in [6.07, 6.45) is -11.8. The molecule has 0 aliphatic heterocycles. The molecule has 2 unspecified atom stereocenters. The molecule has 0 saturated carbocycles. The van der Waals surface area contributed by atoms with Gasteiger partial charge in [0, 0.05) is 13.3 Å². The van der Waals surface area contributed by atoms with Gasteiger partial charge in [0.25, 0.3) is 5.92 Å². The van der Waals surface area contributed by atoms with Crippen molar-refractivity contribution in [2.45, 2.75) is 37.7 Å². The Bertz CT molecular complexity index is 143. The normalized spacial score (nSPS) is 18.5. The average Bonchev–Trinajstić information content (AvgIpc) is 1.82. The maximum atomic E-state index is 12.1. The van der Waals surface area contributed by atoms with Gasteiger partial charge in [0.05, 0.1) is 0 Å². The van der Waals surface area contributed by atoms with Crippen molar-refractivity contribution in [1.82, 2.24) is 0 Å². The molecule has 0 rings (SSSR count). The van der Waals surface area contributed by atoms with E-state index < -0.39 is 30.7 Å². The predicted octanol–water partition coefficient (Wildman–Crippen LogP) is 1.32. The second kappa shape index (κ2) is 3.75. The number of alkyl halides is 5. The minimum Gasteiger partial charge on any atom is -0.387 e. The van der Waals surface area contributed by atoms with Crippen molar-refractivity contribution >= 4 is 0 Å². The third kappa shape index (κ3) is 4.37. The smallest absolute Gasteiger partial charge is 0.387 e.